The molecular formula is C16H19F3N6O3. The van der Waals surface area contributed by atoms with Crippen LogP contribution in [0, 0.1) is 0 Å². The van der Waals surface area contributed by atoms with Gasteiger partial charge in [0, 0.05) is 19.2 Å². The Balaban J connectivity index is 2.30. The highest BCUT2D eigenvalue weighted by atomic mass is 19.4. The van der Waals surface area contributed by atoms with Crippen molar-refractivity contribution in [2.45, 2.75) is 20.0 Å². The molecule has 0 radical (unpaired) electrons. The van der Waals surface area contributed by atoms with Crippen LogP contribution in [-0.2, 0) is 11.0 Å². The highest BCUT2D eigenvalue weighted by Gasteiger charge is 2.41. The van der Waals surface area contributed by atoms with Gasteiger partial charge in [-0.15, -0.1) is 10.2 Å². The van der Waals surface area contributed by atoms with Crippen LogP contribution in [0.25, 0.3) is 5.82 Å². The number of hydrogen-bond donors (Lipinski definition) is 1. The van der Waals surface area contributed by atoms with Crippen LogP contribution in [-0.4, -0.2) is 63.4 Å². The van der Waals surface area contributed by atoms with E-state index in [9.17, 15) is 22.8 Å². The van der Waals surface area contributed by atoms with Crippen LogP contribution in [0.1, 0.15) is 29.9 Å². The summed E-state index contributed by atoms with van der Waals surface area (Å²) >= 11 is 0. The third kappa shape index (κ3) is 4.56. The summed E-state index contributed by atoms with van der Waals surface area (Å²) < 4.78 is 46.0. The van der Waals surface area contributed by atoms with Crippen molar-refractivity contribution >= 4 is 11.8 Å². The summed E-state index contributed by atoms with van der Waals surface area (Å²) in [5.41, 5.74) is -2.04. The SMILES string of the molecule is CCN(CC)C(=O)CNC(=O)c1cnn(-c2ccc(OC)nn2)c1C(F)(F)F. The Morgan fingerprint density at radius 1 is 1.21 bits per heavy atom. The van der Waals surface area contributed by atoms with Crippen molar-refractivity contribution in [2.24, 2.45) is 0 Å². The van der Waals surface area contributed by atoms with Gasteiger partial charge in [-0.05, 0) is 19.9 Å². The predicted octanol–water partition coefficient (Wildman–Crippen LogP) is 1.29. The van der Waals surface area contributed by atoms with E-state index in [1.807, 2.05) is 0 Å². The summed E-state index contributed by atoms with van der Waals surface area (Å²) in [6, 6.07) is 2.53. The van der Waals surface area contributed by atoms with Crippen molar-refractivity contribution in [2.75, 3.05) is 26.7 Å². The molecule has 2 rings (SSSR count). The zero-order valence-electron chi connectivity index (χ0n) is 15.4. The third-order valence-electron chi connectivity index (χ3n) is 3.85. The summed E-state index contributed by atoms with van der Waals surface area (Å²) in [5, 5.41) is 13.0. The summed E-state index contributed by atoms with van der Waals surface area (Å²) in [4.78, 5) is 25.7. The number of aromatic nitrogens is 4. The van der Waals surface area contributed by atoms with Crippen molar-refractivity contribution < 1.29 is 27.5 Å². The molecule has 2 aromatic rings. The molecule has 2 heterocycles. The van der Waals surface area contributed by atoms with E-state index in [-0.39, 0.29) is 11.7 Å². The van der Waals surface area contributed by atoms with Crippen LogP contribution in [0.5, 0.6) is 5.88 Å². The van der Waals surface area contributed by atoms with Crippen LogP contribution < -0.4 is 10.1 Å². The van der Waals surface area contributed by atoms with Gasteiger partial charge in [-0.3, -0.25) is 9.59 Å². The van der Waals surface area contributed by atoms with Gasteiger partial charge in [0.15, 0.2) is 11.5 Å². The minimum absolute atomic E-state index is 0.109. The van der Waals surface area contributed by atoms with E-state index in [1.165, 1.54) is 24.1 Å². The van der Waals surface area contributed by atoms with E-state index in [0.717, 1.165) is 6.20 Å². The zero-order valence-corrected chi connectivity index (χ0v) is 15.4. The average Bonchev–Trinajstić information content (AvgIpc) is 3.13. The first-order valence-electron chi connectivity index (χ1n) is 8.32. The van der Waals surface area contributed by atoms with Gasteiger partial charge in [-0.2, -0.15) is 18.3 Å². The molecule has 0 spiro atoms. The topological polar surface area (TPSA) is 102 Å². The Bertz CT molecular complexity index is 831. The molecule has 0 aliphatic carbocycles. The fourth-order valence-corrected chi connectivity index (χ4v) is 2.44. The molecule has 0 fully saturated rings. The van der Waals surface area contributed by atoms with Gasteiger partial charge in [-0.25, -0.2) is 4.68 Å². The zero-order chi connectivity index (χ0) is 20.9. The van der Waals surface area contributed by atoms with Gasteiger partial charge in [0.05, 0.1) is 25.4 Å². The second kappa shape index (κ2) is 8.67. The first kappa shape index (κ1) is 21.1. The Morgan fingerprint density at radius 2 is 1.89 bits per heavy atom. The maximum atomic E-state index is 13.6. The van der Waals surface area contributed by atoms with Crippen molar-refractivity contribution in [3.63, 3.8) is 0 Å². The lowest BCUT2D eigenvalue weighted by Crippen LogP contribution is -2.40. The molecule has 0 aliphatic heterocycles. The van der Waals surface area contributed by atoms with Crippen molar-refractivity contribution in [1.82, 2.24) is 30.2 Å². The number of ether oxygens (including phenoxy) is 1. The molecule has 2 aromatic heterocycles. The molecule has 0 bridgehead atoms. The first-order chi connectivity index (χ1) is 13.2. The van der Waals surface area contributed by atoms with E-state index in [2.05, 4.69) is 20.6 Å². The van der Waals surface area contributed by atoms with Crippen LogP contribution in [0.15, 0.2) is 18.3 Å². The molecule has 1 N–H and O–H groups in total. The molecule has 0 saturated carbocycles. The highest BCUT2D eigenvalue weighted by molar-refractivity contribution is 5.97. The number of carbonyl (C=O) groups is 2. The maximum Gasteiger partial charge on any atom is 0.434 e. The molecule has 0 unspecified atom stereocenters. The fourth-order valence-electron chi connectivity index (χ4n) is 2.44. The molecule has 0 saturated heterocycles. The van der Waals surface area contributed by atoms with Gasteiger partial charge in [0.25, 0.3) is 5.91 Å². The molecule has 12 heteroatoms. The Morgan fingerprint density at radius 3 is 2.39 bits per heavy atom. The van der Waals surface area contributed by atoms with Crippen LogP contribution in [0.2, 0.25) is 0 Å². The molecule has 28 heavy (non-hydrogen) atoms. The lowest BCUT2D eigenvalue weighted by Gasteiger charge is -2.18. The molecule has 9 nitrogen and oxygen atoms in total. The van der Waals surface area contributed by atoms with Gasteiger partial charge < -0.3 is 15.0 Å². The normalized spacial score (nSPS) is 11.2. The minimum atomic E-state index is -4.90. The van der Waals surface area contributed by atoms with Crippen LogP contribution >= 0.6 is 0 Å². The Hall–Kier alpha value is -3.18. The van der Waals surface area contributed by atoms with E-state index in [0.29, 0.717) is 17.8 Å². The molecule has 0 aromatic carbocycles. The van der Waals surface area contributed by atoms with E-state index >= 15 is 0 Å². The van der Waals surface area contributed by atoms with Crippen LogP contribution in [0.3, 0.4) is 0 Å². The lowest BCUT2D eigenvalue weighted by molar-refractivity contribution is -0.143. The van der Waals surface area contributed by atoms with Crippen molar-refractivity contribution in [3.8, 4) is 11.7 Å². The molecule has 0 aliphatic rings. The quantitative estimate of drug-likeness (QED) is 0.751. The standard InChI is InChI=1S/C16H19F3N6O3/c1-4-24(5-2)13(26)9-20-15(27)10-8-21-25(14(10)16(17,18)19)11-6-7-12(28-3)23-22-11/h6-8H,4-5,9H2,1-3H3,(H,20,27). The van der Waals surface area contributed by atoms with Crippen LogP contribution in [0.4, 0.5) is 13.2 Å². The number of likely N-dealkylation sites (N-methyl/N-ethyl adjacent to an activating group) is 1. The Labute approximate surface area is 158 Å². The average molecular weight is 400 g/mol. The number of halogens is 3. The number of alkyl halides is 3. The highest BCUT2D eigenvalue weighted by Crippen LogP contribution is 2.33. The molecule has 152 valence electrons. The van der Waals surface area contributed by atoms with E-state index in [4.69, 9.17) is 4.74 Å². The number of nitrogens with one attached hydrogen (secondary N) is 1. The lowest BCUT2D eigenvalue weighted by atomic mass is 10.2. The second-order valence-corrected chi connectivity index (χ2v) is 5.50. The largest absolute Gasteiger partial charge is 0.480 e. The fraction of sp³-hybridized carbons (Fsp3) is 0.438. The van der Waals surface area contributed by atoms with E-state index in [1.54, 1.807) is 13.8 Å². The third-order valence-corrected chi connectivity index (χ3v) is 3.85. The summed E-state index contributed by atoms with van der Waals surface area (Å²) in [6.07, 6.45) is -4.13. The van der Waals surface area contributed by atoms with Gasteiger partial charge in [0.2, 0.25) is 11.8 Å². The summed E-state index contributed by atoms with van der Waals surface area (Å²) in [6.45, 7) is 3.93. The summed E-state index contributed by atoms with van der Waals surface area (Å²) in [5.74, 6) is -1.61. The number of amides is 2. The van der Waals surface area contributed by atoms with Crippen molar-refractivity contribution in [3.05, 3.63) is 29.6 Å². The molecule has 0 atom stereocenters. The number of methoxy groups -OCH3 is 1. The van der Waals surface area contributed by atoms with Gasteiger partial charge in [-0.1, -0.05) is 0 Å². The smallest absolute Gasteiger partial charge is 0.434 e. The number of carbonyl (C=O) groups excluding carboxylic acids is 2. The number of rotatable bonds is 7. The Kier molecular flexibility index (Phi) is 6.54. The summed E-state index contributed by atoms with van der Waals surface area (Å²) in [7, 11) is 1.33. The van der Waals surface area contributed by atoms with Gasteiger partial charge in [0.1, 0.15) is 0 Å². The molecular weight excluding hydrogens is 381 g/mol. The maximum absolute atomic E-state index is 13.6. The first-order valence-corrected chi connectivity index (χ1v) is 8.32. The second-order valence-electron chi connectivity index (χ2n) is 5.50. The molecule has 2 amide bonds. The predicted molar refractivity (Wildman–Crippen MR) is 91.0 cm³/mol. The van der Waals surface area contributed by atoms with Crippen molar-refractivity contribution in [1.29, 1.82) is 0 Å². The minimum Gasteiger partial charge on any atom is -0.480 e. The van der Waals surface area contributed by atoms with Gasteiger partial charge >= 0.3 is 6.18 Å². The number of nitrogens with zero attached hydrogens (tertiary/aromatic N) is 5. The number of hydrogen-bond acceptors (Lipinski definition) is 6. The van der Waals surface area contributed by atoms with E-state index < -0.39 is 35.8 Å². The monoisotopic (exact) mass is 400 g/mol.